The molecule has 3 rings (SSSR count). The first-order valence-corrected chi connectivity index (χ1v) is 7.42. The molecule has 108 valence electrons. The van der Waals surface area contributed by atoms with Crippen molar-refractivity contribution in [2.75, 3.05) is 13.6 Å². The maximum absolute atomic E-state index is 12.4. The van der Waals surface area contributed by atoms with Crippen LogP contribution in [0.5, 0.6) is 5.75 Å². The molecule has 0 saturated heterocycles. The first-order valence-electron chi connectivity index (χ1n) is 7.42. The van der Waals surface area contributed by atoms with E-state index in [1.165, 1.54) is 0 Å². The number of nitrogens with one attached hydrogen (secondary N) is 1. The number of aromatic amines is 1. The van der Waals surface area contributed by atoms with E-state index in [9.17, 15) is 4.79 Å². The van der Waals surface area contributed by atoms with Crippen molar-refractivity contribution >= 4 is 6.21 Å². The smallest absolute Gasteiger partial charge is 0.255 e. The summed E-state index contributed by atoms with van der Waals surface area (Å²) in [6.45, 7) is 7.30. The zero-order valence-electron chi connectivity index (χ0n) is 12.7. The Bertz CT molecular complexity index is 628. The van der Waals surface area contributed by atoms with Crippen LogP contribution in [0.3, 0.4) is 0 Å². The molecule has 0 aliphatic carbocycles. The average molecular weight is 275 g/mol. The van der Waals surface area contributed by atoms with Crippen molar-refractivity contribution in [3.8, 4) is 5.75 Å². The molecule has 0 saturated carbocycles. The Kier molecular flexibility index (Phi) is 3.00. The van der Waals surface area contributed by atoms with Gasteiger partial charge in [-0.2, -0.15) is 0 Å². The molecule has 2 aliphatic heterocycles. The minimum absolute atomic E-state index is 0.0167. The first kappa shape index (κ1) is 13.4. The molecule has 0 aromatic carbocycles. The van der Waals surface area contributed by atoms with Gasteiger partial charge in [-0.25, -0.2) is 4.58 Å². The van der Waals surface area contributed by atoms with Crippen molar-refractivity contribution in [3.63, 3.8) is 0 Å². The summed E-state index contributed by atoms with van der Waals surface area (Å²) in [6, 6.07) is 2.02. The molecule has 2 aliphatic rings. The van der Waals surface area contributed by atoms with E-state index in [0.717, 1.165) is 36.4 Å². The Labute approximate surface area is 119 Å². The second kappa shape index (κ2) is 4.47. The van der Waals surface area contributed by atoms with E-state index < -0.39 is 0 Å². The van der Waals surface area contributed by atoms with E-state index in [0.29, 0.717) is 5.92 Å². The topological polar surface area (TPSA) is 45.1 Å². The van der Waals surface area contributed by atoms with Crippen LogP contribution in [-0.2, 0) is 6.42 Å². The summed E-state index contributed by atoms with van der Waals surface area (Å²) in [4.78, 5) is 15.5. The van der Waals surface area contributed by atoms with Crippen molar-refractivity contribution < 1.29 is 9.31 Å². The van der Waals surface area contributed by atoms with Gasteiger partial charge in [-0.1, -0.05) is 13.3 Å². The molecule has 4 heteroatoms. The molecule has 0 radical (unpaired) electrons. The van der Waals surface area contributed by atoms with Crippen LogP contribution in [0.2, 0.25) is 0 Å². The highest BCUT2D eigenvalue weighted by molar-refractivity contribution is 5.68. The summed E-state index contributed by atoms with van der Waals surface area (Å²) < 4.78 is 8.36. The number of aryl methyl sites for hydroxylation is 1. The molecule has 2 unspecified atom stereocenters. The number of rotatable bonds is 2. The Morgan fingerprint density at radius 2 is 2.25 bits per heavy atom. The van der Waals surface area contributed by atoms with Gasteiger partial charge in [0, 0.05) is 11.8 Å². The second-order valence-corrected chi connectivity index (χ2v) is 6.58. The number of hydrogen-bond acceptors (Lipinski definition) is 2. The molecule has 20 heavy (non-hydrogen) atoms. The van der Waals surface area contributed by atoms with Crippen molar-refractivity contribution in [3.05, 3.63) is 27.7 Å². The largest absolute Gasteiger partial charge is 0.487 e. The highest BCUT2D eigenvalue weighted by Gasteiger charge is 2.50. The van der Waals surface area contributed by atoms with E-state index in [1.54, 1.807) is 0 Å². The second-order valence-electron chi connectivity index (χ2n) is 6.58. The van der Waals surface area contributed by atoms with Gasteiger partial charge in [0.15, 0.2) is 0 Å². The fraction of sp³-hybridized carbons (Fsp3) is 0.625. The third-order valence-electron chi connectivity index (χ3n) is 4.54. The molecule has 1 aromatic heterocycles. The van der Waals surface area contributed by atoms with Crippen molar-refractivity contribution in [1.29, 1.82) is 0 Å². The minimum atomic E-state index is -0.240. The van der Waals surface area contributed by atoms with E-state index in [1.807, 2.05) is 6.07 Å². The lowest BCUT2D eigenvalue weighted by atomic mass is 9.76. The molecular weight excluding hydrogens is 252 g/mol. The summed E-state index contributed by atoms with van der Waals surface area (Å²) in [5.41, 5.74) is 1.55. The Morgan fingerprint density at radius 3 is 2.95 bits per heavy atom. The van der Waals surface area contributed by atoms with Crippen LogP contribution in [0.15, 0.2) is 10.9 Å². The number of H-pyrrole nitrogens is 1. The monoisotopic (exact) mass is 275 g/mol. The summed E-state index contributed by atoms with van der Waals surface area (Å²) in [5, 5.41) is 0. The molecule has 0 amide bonds. The molecule has 3 heterocycles. The number of fused-ring (bicyclic) bond motifs is 3. The molecule has 2 atom stereocenters. The normalized spacial score (nSPS) is 26.5. The van der Waals surface area contributed by atoms with Crippen LogP contribution in [0.25, 0.3) is 0 Å². The van der Waals surface area contributed by atoms with Crippen LogP contribution < -0.4 is 10.3 Å². The summed E-state index contributed by atoms with van der Waals surface area (Å²) in [5.74, 6) is 1.27. The molecule has 0 spiro atoms. The van der Waals surface area contributed by atoms with Crippen LogP contribution in [0.4, 0.5) is 0 Å². The van der Waals surface area contributed by atoms with Gasteiger partial charge < -0.3 is 9.72 Å². The SMILES string of the molecule is CCCc1cc2c(c(=O)[nH]1)C1C=[N+](C)CC1C(C)(C)O2. The van der Waals surface area contributed by atoms with Gasteiger partial charge in [0.25, 0.3) is 5.56 Å². The van der Waals surface area contributed by atoms with Gasteiger partial charge in [-0.15, -0.1) is 0 Å². The Hall–Kier alpha value is -1.58. The van der Waals surface area contributed by atoms with Gasteiger partial charge in [-0.05, 0) is 20.3 Å². The molecule has 4 nitrogen and oxygen atoms in total. The highest BCUT2D eigenvalue weighted by Crippen LogP contribution is 2.44. The van der Waals surface area contributed by atoms with Gasteiger partial charge >= 0.3 is 0 Å². The number of aromatic nitrogens is 1. The lowest BCUT2D eigenvalue weighted by Crippen LogP contribution is -2.47. The summed E-state index contributed by atoms with van der Waals surface area (Å²) in [7, 11) is 2.06. The molecule has 0 fully saturated rings. The lowest BCUT2D eigenvalue weighted by molar-refractivity contribution is -0.492. The van der Waals surface area contributed by atoms with Gasteiger partial charge in [-0.3, -0.25) is 4.79 Å². The van der Waals surface area contributed by atoms with Gasteiger partial charge in [0.05, 0.1) is 17.4 Å². The maximum Gasteiger partial charge on any atom is 0.255 e. The Balaban J connectivity index is 2.14. The quantitative estimate of drug-likeness (QED) is 0.838. The van der Waals surface area contributed by atoms with E-state index in [-0.39, 0.29) is 17.1 Å². The van der Waals surface area contributed by atoms with Crippen LogP contribution in [0.1, 0.15) is 44.4 Å². The van der Waals surface area contributed by atoms with Gasteiger partial charge in [0.1, 0.15) is 31.2 Å². The predicted molar refractivity (Wildman–Crippen MR) is 79.1 cm³/mol. The van der Waals surface area contributed by atoms with E-state index in [2.05, 4.69) is 43.6 Å². The standard InChI is InChI=1S/C16H22N2O2/c1-5-6-10-7-13-14(15(19)17-10)11-8-18(4)9-12(11)16(2,3)20-13/h7-8,11-12H,5-6,9H2,1-4H3/p+1. The van der Waals surface area contributed by atoms with E-state index >= 15 is 0 Å². The number of hydrogen-bond donors (Lipinski definition) is 1. The van der Waals surface area contributed by atoms with Crippen molar-refractivity contribution in [2.24, 2.45) is 5.92 Å². The number of ether oxygens (including phenoxy) is 1. The third-order valence-corrected chi connectivity index (χ3v) is 4.54. The molecule has 1 N–H and O–H groups in total. The average Bonchev–Trinajstić information content (AvgIpc) is 2.71. The first-order chi connectivity index (χ1) is 9.42. The summed E-state index contributed by atoms with van der Waals surface area (Å²) >= 11 is 0. The summed E-state index contributed by atoms with van der Waals surface area (Å²) in [6.07, 6.45) is 4.06. The fourth-order valence-electron chi connectivity index (χ4n) is 3.55. The third kappa shape index (κ3) is 1.98. The maximum atomic E-state index is 12.4. The number of nitrogens with zero attached hydrogens (tertiary/aromatic N) is 1. The number of pyridine rings is 1. The molecular formula is C16H23N2O2+. The van der Waals surface area contributed by atoms with Gasteiger partial charge in [0.2, 0.25) is 0 Å². The van der Waals surface area contributed by atoms with Crippen molar-refractivity contribution in [1.82, 2.24) is 4.98 Å². The fourth-order valence-corrected chi connectivity index (χ4v) is 3.55. The van der Waals surface area contributed by atoms with E-state index in [4.69, 9.17) is 4.74 Å². The van der Waals surface area contributed by atoms with Crippen LogP contribution in [0, 0.1) is 5.92 Å². The molecule has 1 aromatic rings. The highest BCUT2D eigenvalue weighted by atomic mass is 16.5. The zero-order chi connectivity index (χ0) is 14.5. The zero-order valence-corrected chi connectivity index (χ0v) is 12.7. The van der Waals surface area contributed by atoms with Crippen molar-refractivity contribution in [2.45, 2.75) is 45.1 Å². The Morgan fingerprint density at radius 1 is 1.50 bits per heavy atom. The predicted octanol–water partition coefficient (Wildman–Crippen LogP) is 1.92. The van der Waals surface area contributed by atoms with Crippen LogP contribution in [-0.4, -0.2) is 35.0 Å². The molecule has 0 bridgehead atoms. The lowest BCUT2D eigenvalue weighted by Gasteiger charge is -2.38. The van der Waals surface area contributed by atoms with Crippen LogP contribution >= 0.6 is 0 Å². The minimum Gasteiger partial charge on any atom is -0.487 e.